The van der Waals surface area contributed by atoms with Gasteiger partial charge in [0.2, 0.25) is 0 Å². The average molecular weight is 413 g/mol. The van der Waals surface area contributed by atoms with Gasteiger partial charge in [-0.1, -0.05) is 0 Å². The predicted octanol–water partition coefficient (Wildman–Crippen LogP) is 3.45. The van der Waals surface area contributed by atoms with Crippen molar-refractivity contribution >= 4 is 28.4 Å². The van der Waals surface area contributed by atoms with Crippen molar-refractivity contribution in [3.05, 3.63) is 33.9 Å². The lowest BCUT2D eigenvalue weighted by atomic mass is 10.2. The largest absolute Gasteiger partial charge is 0.386 e. The molecule has 0 bridgehead atoms. The number of hydrogen-bond donors (Lipinski definition) is 2. The van der Waals surface area contributed by atoms with Crippen molar-refractivity contribution in [2.75, 3.05) is 38.8 Å². The minimum absolute atomic E-state index is 0.0175. The molecule has 2 saturated heterocycles. The van der Waals surface area contributed by atoms with Crippen molar-refractivity contribution in [1.29, 1.82) is 0 Å². The molecule has 3 heterocycles. The van der Waals surface area contributed by atoms with E-state index in [2.05, 4.69) is 15.3 Å². The second-order valence-electron chi connectivity index (χ2n) is 6.65. The Balaban J connectivity index is 0.000000391. The zero-order valence-corrected chi connectivity index (χ0v) is 16.7. The lowest BCUT2D eigenvalue weighted by Crippen LogP contribution is -2.19. The molecule has 0 aliphatic carbocycles. The maximum Gasteiger partial charge on any atom is 0.261 e. The summed E-state index contributed by atoms with van der Waals surface area (Å²) in [6.07, 6.45) is 4.48. The van der Waals surface area contributed by atoms with Crippen molar-refractivity contribution in [2.45, 2.75) is 36.7 Å². The summed E-state index contributed by atoms with van der Waals surface area (Å²) >= 11 is 1.69. The monoisotopic (exact) mass is 413 g/mol. The van der Waals surface area contributed by atoms with Crippen molar-refractivity contribution < 1.29 is 18.3 Å². The van der Waals surface area contributed by atoms with Crippen LogP contribution in [-0.2, 0) is 15.2 Å². The molecule has 154 valence electrons. The normalized spacial score (nSPS) is 17.4. The number of thioether (sulfide) groups is 1. The predicted molar refractivity (Wildman–Crippen MR) is 107 cm³/mol. The van der Waals surface area contributed by atoms with E-state index in [1.807, 2.05) is 0 Å². The molecule has 0 amide bonds. The number of nitrogens with one attached hydrogen (secondary N) is 2. The second-order valence-corrected chi connectivity index (χ2v) is 7.94. The molecular formula is C19H25F2N3O3S. The van der Waals surface area contributed by atoms with E-state index in [-0.39, 0.29) is 16.6 Å². The van der Waals surface area contributed by atoms with Crippen LogP contribution in [0.4, 0.5) is 14.5 Å². The zero-order valence-electron chi connectivity index (χ0n) is 15.9. The van der Waals surface area contributed by atoms with Crippen molar-refractivity contribution in [3.8, 4) is 0 Å². The van der Waals surface area contributed by atoms with Gasteiger partial charge >= 0.3 is 0 Å². The maximum absolute atomic E-state index is 14.0. The Bertz CT molecular complexity index is 845. The second kappa shape index (κ2) is 10.2. The number of benzene rings is 1. The molecule has 6 nitrogen and oxygen atoms in total. The first-order chi connectivity index (χ1) is 13.6. The Morgan fingerprint density at radius 3 is 2.46 bits per heavy atom. The van der Waals surface area contributed by atoms with Gasteiger partial charge < -0.3 is 19.8 Å². The number of aromatic nitrogens is 2. The number of aromatic amines is 1. The number of rotatable bonds is 4. The third-order valence-electron chi connectivity index (χ3n) is 4.65. The van der Waals surface area contributed by atoms with Crippen LogP contribution in [0.3, 0.4) is 0 Å². The molecule has 28 heavy (non-hydrogen) atoms. The summed E-state index contributed by atoms with van der Waals surface area (Å²) in [4.78, 5) is 18.9. The number of ether oxygens (including phenoxy) is 2. The number of H-pyrrole nitrogens is 1. The fourth-order valence-corrected chi connectivity index (χ4v) is 4.14. The highest BCUT2D eigenvalue weighted by Crippen LogP contribution is 2.26. The first-order valence-corrected chi connectivity index (χ1v) is 10.5. The summed E-state index contributed by atoms with van der Waals surface area (Å²) in [7, 11) is 1.48. The molecule has 0 saturated carbocycles. The third-order valence-corrected chi connectivity index (χ3v) is 6.03. The molecule has 0 unspecified atom stereocenters. The van der Waals surface area contributed by atoms with Gasteiger partial charge in [0.1, 0.15) is 11.2 Å². The maximum atomic E-state index is 14.0. The fourth-order valence-electron chi connectivity index (χ4n) is 3.08. The van der Waals surface area contributed by atoms with Gasteiger partial charge in [0.05, 0.1) is 17.0 Å². The molecular weight excluding hydrogens is 388 g/mol. The Kier molecular flexibility index (Phi) is 7.64. The minimum Gasteiger partial charge on any atom is -0.386 e. The molecule has 0 atom stereocenters. The zero-order chi connectivity index (χ0) is 19.9. The number of halogens is 2. The van der Waals surface area contributed by atoms with Gasteiger partial charge in [-0.15, -0.1) is 0 Å². The minimum atomic E-state index is -1.18. The highest BCUT2D eigenvalue weighted by molar-refractivity contribution is 7.99. The summed E-state index contributed by atoms with van der Waals surface area (Å²) < 4.78 is 38.0. The van der Waals surface area contributed by atoms with Crippen LogP contribution >= 0.6 is 11.8 Å². The van der Waals surface area contributed by atoms with Gasteiger partial charge in [0.25, 0.3) is 5.56 Å². The number of hydrogen-bond acceptors (Lipinski definition) is 6. The first-order valence-electron chi connectivity index (χ1n) is 9.46. The van der Waals surface area contributed by atoms with Gasteiger partial charge in [-0.25, -0.2) is 13.8 Å². The SMILES string of the molecule is C1CCOC1.CNc1cc2nc(CSC3CCOCC3)[nH]c(=O)c2c(F)c1F. The van der Waals surface area contributed by atoms with Crippen molar-refractivity contribution in [2.24, 2.45) is 0 Å². The van der Waals surface area contributed by atoms with Crippen LogP contribution in [0.15, 0.2) is 10.9 Å². The molecule has 0 spiro atoms. The molecule has 1 aromatic heterocycles. The lowest BCUT2D eigenvalue weighted by Gasteiger charge is -2.21. The Hall–Kier alpha value is -1.71. The molecule has 1 aromatic carbocycles. The van der Waals surface area contributed by atoms with Crippen LogP contribution in [0.25, 0.3) is 10.9 Å². The van der Waals surface area contributed by atoms with E-state index in [0.29, 0.717) is 16.8 Å². The van der Waals surface area contributed by atoms with E-state index in [0.717, 1.165) is 39.3 Å². The molecule has 2 aliphatic heterocycles. The van der Waals surface area contributed by atoms with Gasteiger partial charge in [-0.05, 0) is 31.7 Å². The van der Waals surface area contributed by atoms with Crippen LogP contribution in [0, 0.1) is 11.6 Å². The van der Waals surface area contributed by atoms with E-state index in [4.69, 9.17) is 9.47 Å². The highest BCUT2D eigenvalue weighted by Gasteiger charge is 2.18. The van der Waals surface area contributed by atoms with Crippen LogP contribution in [0.1, 0.15) is 31.5 Å². The topological polar surface area (TPSA) is 76.2 Å². The van der Waals surface area contributed by atoms with Crippen LogP contribution in [0.2, 0.25) is 0 Å². The Labute approximate surface area is 166 Å². The van der Waals surface area contributed by atoms with Gasteiger partial charge in [0, 0.05) is 38.7 Å². The van der Waals surface area contributed by atoms with Gasteiger partial charge in [-0.3, -0.25) is 4.79 Å². The summed E-state index contributed by atoms with van der Waals surface area (Å²) in [5.74, 6) is -1.27. The molecule has 9 heteroatoms. The smallest absolute Gasteiger partial charge is 0.261 e. The van der Waals surface area contributed by atoms with Crippen molar-refractivity contribution in [1.82, 2.24) is 9.97 Å². The Morgan fingerprint density at radius 2 is 1.86 bits per heavy atom. The molecule has 2 fully saturated rings. The molecule has 2 aliphatic rings. The van der Waals surface area contributed by atoms with E-state index >= 15 is 0 Å². The molecule has 2 aromatic rings. The van der Waals surface area contributed by atoms with E-state index in [9.17, 15) is 13.6 Å². The summed E-state index contributed by atoms with van der Waals surface area (Å²) in [5.41, 5.74) is -0.521. The van der Waals surface area contributed by atoms with Crippen LogP contribution in [-0.4, -0.2) is 48.7 Å². The standard InChI is InChI=1S/C15H17F2N3O2S.C4H8O/c1-18-10-6-9-12(14(17)13(10)16)15(21)20-11(19-9)7-23-8-2-4-22-5-3-8;1-2-4-5-3-1/h6,8,18H,2-5,7H2,1H3,(H,19,20,21);1-4H2. The fraction of sp³-hybridized carbons (Fsp3) is 0.579. The number of anilines is 1. The number of nitrogens with zero attached hydrogens (tertiary/aromatic N) is 1. The first kappa shape index (κ1) is 21.0. The van der Waals surface area contributed by atoms with Crippen LogP contribution in [0.5, 0.6) is 0 Å². The lowest BCUT2D eigenvalue weighted by molar-refractivity contribution is 0.1000. The number of fused-ring (bicyclic) bond motifs is 1. The van der Waals surface area contributed by atoms with Gasteiger partial charge in [-0.2, -0.15) is 11.8 Å². The summed E-state index contributed by atoms with van der Waals surface area (Å²) in [6.45, 7) is 3.49. The summed E-state index contributed by atoms with van der Waals surface area (Å²) in [5, 5.41) is 2.68. The molecule has 0 radical (unpaired) electrons. The quantitative estimate of drug-likeness (QED) is 0.800. The molecule has 4 rings (SSSR count). The third kappa shape index (κ3) is 5.21. The Morgan fingerprint density at radius 1 is 1.18 bits per heavy atom. The van der Waals surface area contributed by atoms with Crippen LogP contribution < -0.4 is 10.9 Å². The van der Waals surface area contributed by atoms with Crippen molar-refractivity contribution in [3.63, 3.8) is 0 Å². The summed E-state index contributed by atoms with van der Waals surface area (Å²) in [6, 6.07) is 1.35. The van der Waals surface area contributed by atoms with E-state index in [1.54, 1.807) is 11.8 Å². The van der Waals surface area contributed by atoms with Gasteiger partial charge in [0.15, 0.2) is 11.6 Å². The van der Waals surface area contributed by atoms with E-state index in [1.165, 1.54) is 26.0 Å². The molecule has 2 N–H and O–H groups in total. The van der Waals surface area contributed by atoms with E-state index < -0.39 is 17.2 Å². The average Bonchev–Trinajstić information content (AvgIpc) is 3.30. The highest BCUT2D eigenvalue weighted by atomic mass is 32.2.